The van der Waals surface area contributed by atoms with E-state index in [4.69, 9.17) is 11.6 Å². The van der Waals surface area contributed by atoms with Crippen molar-refractivity contribution in [2.45, 2.75) is 6.92 Å². The Morgan fingerprint density at radius 2 is 1.84 bits per heavy atom. The zero-order chi connectivity index (χ0) is 22.7. The Morgan fingerprint density at radius 1 is 1.09 bits per heavy atom. The lowest BCUT2D eigenvalue weighted by Crippen LogP contribution is -2.49. The first-order chi connectivity index (χ1) is 15.4. The molecule has 32 heavy (non-hydrogen) atoms. The van der Waals surface area contributed by atoms with Gasteiger partial charge in [-0.25, -0.2) is 14.1 Å². The molecule has 1 aliphatic rings. The number of ketones is 1. The highest BCUT2D eigenvalue weighted by molar-refractivity contribution is 6.31. The maximum atomic E-state index is 14.4. The van der Waals surface area contributed by atoms with E-state index in [2.05, 4.69) is 15.4 Å². The Kier molecular flexibility index (Phi) is 6.48. The molecule has 4 rings (SSSR count). The van der Waals surface area contributed by atoms with Crippen molar-refractivity contribution in [3.05, 3.63) is 65.5 Å². The smallest absolute Gasteiger partial charge is 0.238 e. The van der Waals surface area contributed by atoms with Crippen molar-refractivity contribution in [1.29, 1.82) is 0 Å². The van der Waals surface area contributed by atoms with Gasteiger partial charge in [0.25, 0.3) is 0 Å². The Hall–Kier alpha value is -3.30. The molecule has 3 aromatic rings. The maximum Gasteiger partial charge on any atom is 0.238 e. The number of aromatic nitrogens is 3. The van der Waals surface area contributed by atoms with Crippen molar-refractivity contribution >= 4 is 34.7 Å². The second-order valence-corrected chi connectivity index (χ2v) is 7.97. The summed E-state index contributed by atoms with van der Waals surface area (Å²) in [5.41, 5.74) is 2.03. The summed E-state index contributed by atoms with van der Waals surface area (Å²) in [6, 6.07) is 9.70. The predicted octanol–water partition coefficient (Wildman–Crippen LogP) is 3.02. The van der Waals surface area contributed by atoms with Gasteiger partial charge in [-0.15, -0.1) is 0 Å². The van der Waals surface area contributed by atoms with Gasteiger partial charge in [0.1, 0.15) is 18.5 Å². The van der Waals surface area contributed by atoms with Crippen molar-refractivity contribution < 1.29 is 14.0 Å². The SMILES string of the molecule is CC(=O)c1ccc(N2CCN(CC(=O)Nc3cc(Cl)ccc3-n3cncn3)CC2)c(F)c1. The van der Waals surface area contributed by atoms with Crippen molar-refractivity contribution in [3.8, 4) is 5.69 Å². The summed E-state index contributed by atoms with van der Waals surface area (Å²) >= 11 is 6.11. The topological polar surface area (TPSA) is 83.4 Å². The number of rotatable bonds is 6. The average Bonchev–Trinajstić information content (AvgIpc) is 3.29. The van der Waals surface area contributed by atoms with Crippen LogP contribution in [0.1, 0.15) is 17.3 Å². The summed E-state index contributed by atoms with van der Waals surface area (Å²) in [6.07, 6.45) is 2.95. The van der Waals surface area contributed by atoms with Crippen LogP contribution in [-0.2, 0) is 4.79 Å². The molecule has 1 amide bonds. The van der Waals surface area contributed by atoms with Crippen LogP contribution < -0.4 is 10.2 Å². The maximum absolute atomic E-state index is 14.4. The van der Waals surface area contributed by atoms with E-state index < -0.39 is 5.82 Å². The van der Waals surface area contributed by atoms with Gasteiger partial charge in [0, 0.05) is 36.8 Å². The van der Waals surface area contributed by atoms with E-state index in [1.165, 1.54) is 19.3 Å². The highest BCUT2D eigenvalue weighted by atomic mass is 35.5. The zero-order valence-electron chi connectivity index (χ0n) is 17.5. The highest BCUT2D eigenvalue weighted by Crippen LogP contribution is 2.25. The van der Waals surface area contributed by atoms with E-state index in [0.29, 0.717) is 53.8 Å². The molecule has 0 saturated carbocycles. The molecule has 166 valence electrons. The zero-order valence-corrected chi connectivity index (χ0v) is 18.2. The van der Waals surface area contributed by atoms with Crippen LogP contribution >= 0.6 is 11.6 Å². The minimum Gasteiger partial charge on any atom is -0.367 e. The molecule has 2 aromatic carbocycles. The van der Waals surface area contributed by atoms with Crippen LogP contribution in [-0.4, -0.2) is 64.1 Å². The first kappa shape index (κ1) is 21.9. The summed E-state index contributed by atoms with van der Waals surface area (Å²) in [5, 5.41) is 7.50. The third-order valence-electron chi connectivity index (χ3n) is 5.33. The molecule has 0 atom stereocenters. The Balaban J connectivity index is 1.36. The van der Waals surface area contributed by atoms with Crippen LogP contribution in [0.4, 0.5) is 15.8 Å². The third-order valence-corrected chi connectivity index (χ3v) is 5.57. The molecule has 1 aliphatic heterocycles. The lowest BCUT2D eigenvalue weighted by atomic mass is 10.1. The molecule has 0 spiro atoms. The number of carbonyl (C=O) groups excluding carboxylic acids is 2. The van der Waals surface area contributed by atoms with Crippen molar-refractivity contribution in [1.82, 2.24) is 19.7 Å². The fourth-order valence-corrected chi connectivity index (χ4v) is 3.83. The van der Waals surface area contributed by atoms with Crippen LogP contribution in [0.25, 0.3) is 5.69 Å². The van der Waals surface area contributed by atoms with Crippen molar-refractivity contribution in [2.24, 2.45) is 0 Å². The number of piperazine rings is 1. The van der Waals surface area contributed by atoms with Gasteiger partial charge in [-0.3, -0.25) is 14.5 Å². The van der Waals surface area contributed by atoms with E-state index >= 15 is 0 Å². The summed E-state index contributed by atoms with van der Waals surface area (Å²) in [7, 11) is 0. The molecule has 0 radical (unpaired) electrons. The number of nitrogens with zero attached hydrogens (tertiary/aromatic N) is 5. The normalized spacial score (nSPS) is 14.4. The van der Waals surface area contributed by atoms with Gasteiger partial charge in [-0.05, 0) is 43.3 Å². The standard InChI is InChI=1S/C22H22ClFN6O2/c1-15(31)16-2-4-20(18(24)10-16)29-8-6-28(7-9-29)12-22(32)27-19-11-17(23)3-5-21(19)30-14-25-13-26-30/h2-5,10-11,13-14H,6-9,12H2,1H3,(H,27,32). The second-order valence-electron chi connectivity index (χ2n) is 7.54. The Bertz CT molecular complexity index is 1130. The number of amides is 1. The molecule has 10 heteroatoms. The summed E-state index contributed by atoms with van der Waals surface area (Å²) < 4.78 is 16.0. The number of anilines is 2. The van der Waals surface area contributed by atoms with E-state index in [9.17, 15) is 14.0 Å². The monoisotopic (exact) mass is 456 g/mol. The molecule has 0 bridgehead atoms. The number of carbonyl (C=O) groups is 2. The molecule has 0 unspecified atom stereocenters. The van der Waals surface area contributed by atoms with Crippen LogP contribution in [0.5, 0.6) is 0 Å². The minimum absolute atomic E-state index is 0.169. The molecule has 1 saturated heterocycles. The molecular formula is C22H22ClFN6O2. The molecule has 1 fully saturated rings. The van der Waals surface area contributed by atoms with E-state index in [1.54, 1.807) is 41.3 Å². The summed E-state index contributed by atoms with van der Waals surface area (Å²) in [6.45, 7) is 3.97. The van der Waals surface area contributed by atoms with E-state index in [-0.39, 0.29) is 18.2 Å². The first-order valence-corrected chi connectivity index (χ1v) is 10.5. The quantitative estimate of drug-likeness (QED) is 0.574. The van der Waals surface area contributed by atoms with Crippen molar-refractivity contribution in [2.75, 3.05) is 42.9 Å². The summed E-state index contributed by atoms with van der Waals surface area (Å²) in [4.78, 5) is 32.0. The van der Waals surface area contributed by atoms with Crippen LogP contribution in [0.15, 0.2) is 49.1 Å². The van der Waals surface area contributed by atoms with Crippen molar-refractivity contribution in [3.63, 3.8) is 0 Å². The van der Waals surface area contributed by atoms with Crippen LogP contribution in [0, 0.1) is 5.82 Å². The molecular weight excluding hydrogens is 435 g/mol. The highest BCUT2D eigenvalue weighted by Gasteiger charge is 2.22. The van der Waals surface area contributed by atoms with Gasteiger partial charge >= 0.3 is 0 Å². The molecule has 8 nitrogen and oxygen atoms in total. The van der Waals surface area contributed by atoms with Crippen LogP contribution in [0.3, 0.4) is 0 Å². The van der Waals surface area contributed by atoms with E-state index in [0.717, 1.165) is 0 Å². The molecule has 1 N–H and O–H groups in total. The van der Waals surface area contributed by atoms with Gasteiger partial charge < -0.3 is 10.2 Å². The number of hydrogen-bond acceptors (Lipinski definition) is 6. The number of Topliss-reactive ketones (excluding diaryl/α,β-unsaturated/α-hetero) is 1. The average molecular weight is 457 g/mol. The molecule has 1 aromatic heterocycles. The van der Waals surface area contributed by atoms with Gasteiger partial charge in [-0.1, -0.05) is 11.6 Å². The molecule has 0 aliphatic carbocycles. The lowest BCUT2D eigenvalue weighted by molar-refractivity contribution is -0.117. The van der Waals surface area contributed by atoms with Crippen LogP contribution in [0.2, 0.25) is 5.02 Å². The van der Waals surface area contributed by atoms with Gasteiger partial charge in [0.15, 0.2) is 5.78 Å². The van der Waals surface area contributed by atoms with E-state index in [1.807, 2.05) is 9.80 Å². The lowest BCUT2D eigenvalue weighted by Gasteiger charge is -2.35. The summed E-state index contributed by atoms with van der Waals surface area (Å²) in [5.74, 6) is -0.762. The Morgan fingerprint density at radius 3 is 2.50 bits per heavy atom. The number of benzene rings is 2. The number of halogens is 2. The largest absolute Gasteiger partial charge is 0.367 e. The van der Waals surface area contributed by atoms with Gasteiger partial charge in [-0.2, -0.15) is 5.10 Å². The number of hydrogen-bond donors (Lipinski definition) is 1. The fraction of sp³-hybridized carbons (Fsp3) is 0.273. The minimum atomic E-state index is -0.412. The third kappa shape index (κ3) is 4.95. The predicted molar refractivity (Wildman–Crippen MR) is 120 cm³/mol. The Labute approximate surface area is 189 Å². The molecule has 2 heterocycles. The van der Waals surface area contributed by atoms with Gasteiger partial charge in [0.05, 0.1) is 23.6 Å². The van der Waals surface area contributed by atoms with Gasteiger partial charge in [0.2, 0.25) is 5.91 Å². The fourth-order valence-electron chi connectivity index (χ4n) is 3.66. The number of nitrogens with one attached hydrogen (secondary N) is 1. The second kappa shape index (κ2) is 9.46. The first-order valence-electron chi connectivity index (χ1n) is 10.1.